The molecule has 0 unspecified atom stereocenters. The fraction of sp³-hybridized carbons (Fsp3) is 0.520. The van der Waals surface area contributed by atoms with E-state index in [2.05, 4.69) is 0 Å². The van der Waals surface area contributed by atoms with Crippen molar-refractivity contribution in [2.75, 3.05) is 34.0 Å². The lowest BCUT2D eigenvalue weighted by atomic mass is 9.90. The van der Waals surface area contributed by atoms with E-state index in [0.29, 0.717) is 29.9 Å². The summed E-state index contributed by atoms with van der Waals surface area (Å²) in [5.41, 5.74) is 2.45. The molecule has 2 aromatic carbocycles. The molecule has 0 bridgehead atoms. The summed E-state index contributed by atoms with van der Waals surface area (Å²) in [6, 6.07) is 8.72. The number of aryl methyl sites for hydroxylation is 1. The van der Waals surface area contributed by atoms with Gasteiger partial charge in [0.05, 0.1) is 33.4 Å². The number of aromatic hydroxyl groups is 1. The number of phenolic OH excluding ortho intramolecular Hbond substituents is 1. The van der Waals surface area contributed by atoms with Gasteiger partial charge in [-0.25, -0.2) is 9.78 Å². The number of aliphatic hydroxyl groups excluding tert-OH is 4. The number of hydrogen-bond acceptors (Lipinski definition) is 11. The first-order valence-electron chi connectivity index (χ1n) is 11.7. The fourth-order valence-corrected chi connectivity index (χ4v) is 4.43. The highest BCUT2D eigenvalue weighted by Crippen LogP contribution is 2.51. The van der Waals surface area contributed by atoms with Crippen molar-refractivity contribution in [2.24, 2.45) is 0 Å². The first kappa shape index (κ1) is 26.4. The van der Waals surface area contributed by atoms with Crippen molar-refractivity contribution < 1.29 is 54.3 Å². The largest absolute Gasteiger partial charge is 0.504 e. The van der Waals surface area contributed by atoms with E-state index in [9.17, 15) is 25.5 Å². The molecule has 2 heterocycles. The van der Waals surface area contributed by atoms with E-state index in [0.717, 1.165) is 11.1 Å². The van der Waals surface area contributed by atoms with Crippen LogP contribution < -0.4 is 14.2 Å². The van der Waals surface area contributed by atoms with E-state index in [1.807, 2.05) is 12.1 Å². The minimum Gasteiger partial charge on any atom is -0.504 e. The molecule has 0 amide bonds. The maximum Gasteiger partial charge on any atom is 0.220 e. The van der Waals surface area contributed by atoms with Crippen LogP contribution in [0.3, 0.4) is 0 Å². The fourth-order valence-electron chi connectivity index (χ4n) is 4.43. The Bertz CT molecular complexity index is 1030. The summed E-state index contributed by atoms with van der Waals surface area (Å²) in [6.45, 7) is -0.196. The molecule has 0 aromatic heterocycles. The summed E-state index contributed by atoms with van der Waals surface area (Å²) in [5, 5.41) is 48.9. The van der Waals surface area contributed by atoms with Crippen LogP contribution in [0.15, 0.2) is 30.3 Å². The van der Waals surface area contributed by atoms with Crippen molar-refractivity contribution in [3.05, 3.63) is 47.0 Å². The Morgan fingerprint density at radius 2 is 1.78 bits per heavy atom. The van der Waals surface area contributed by atoms with E-state index in [-0.39, 0.29) is 31.3 Å². The summed E-state index contributed by atoms with van der Waals surface area (Å²) in [5.74, 6) is 0.922. The molecule has 2 aromatic rings. The van der Waals surface area contributed by atoms with Gasteiger partial charge in [0.15, 0.2) is 23.0 Å². The molecular formula is C25H32O11. The van der Waals surface area contributed by atoms with Gasteiger partial charge in [-0.2, -0.15) is 0 Å². The van der Waals surface area contributed by atoms with E-state index < -0.39 is 36.6 Å². The van der Waals surface area contributed by atoms with Gasteiger partial charge in [0.2, 0.25) is 6.29 Å². The van der Waals surface area contributed by atoms with Crippen molar-refractivity contribution in [1.29, 1.82) is 0 Å². The molecule has 1 fully saturated rings. The molecule has 0 saturated carbocycles. The Labute approximate surface area is 208 Å². The minimum absolute atomic E-state index is 0.0130. The van der Waals surface area contributed by atoms with Crippen LogP contribution in [0.2, 0.25) is 0 Å². The Balaban J connectivity index is 1.61. The van der Waals surface area contributed by atoms with Gasteiger partial charge in [0.1, 0.15) is 24.4 Å². The van der Waals surface area contributed by atoms with Crippen LogP contribution >= 0.6 is 0 Å². The molecular weight excluding hydrogens is 476 g/mol. The molecule has 0 radical (unpaired) electrons. The third kappa shape index (κ3) is 5.37. The third-order valence-electron chi connectivity index (χ3n) is 6.39. The molecule has 2 aliphatic heterocycles. The lowest BCUT2D eigenvalue weighted by Crippen LogP contribution is -2.53. The average molecular weight is 509 g/mol. The standard InChI is InChI=1S/C25H32O11/c1-31-19-10-14(5-6-17(19)27)23-16(11-34-36-25-22(30)21(29)18(28)12-33-25)15-8-13(4-3-7-26)9-20(32-2)24(15)35-23/h5-6,8-10,16,18,21-23,25-30H,3-4,7,11-12H2,1-2H3/t16-,18+,21-,22+,23+,25+/m0/s1. The van der Waals surface area contributed by atoms with Crippen molar-refractivity contribution in [3.8, 4) is 23.0 Å². The van der Waals surface area contributed by atoms with Crippen LogP contribution in [-0.2, 0) is 20.9 Å². The van der Waals surface area contributed by atoms with Crippen molar-refractivity contribution >= 4 is 0 Å². The Hall–Kier alpha value is -2.64. The number of fused-ring (bicyclic) bond motifs is 1. The SMILES string of the molecule is COc1cc([C@H]2Oc3c(OC)cc(CCCO)cc3[C@@H]2COO[C@H]2OC[C@@H](O)[C@H](O)[C@H]2O)ccc1O. The van der Waals surface area contributed by atoms with Gasteiger partial charge in [0.25, 0.3) is 0 Å². The monoisotopic (exact) mass is 508 g/mol. The van der Waals surface area contributed by atoms with Crippen LogP contribution in [0, 0.1) is 0 Å². The predicted octanol–water partition coefficient (Wildman–Crippen LogP) is 0.939. The lowest BCUT2D eigenvalue weighted by Gasteiger charge is -2.34. The van der Waals surface area contributed by atoms with E-state index in [1.54, 1.807) is 19.2 Å². The van der Waals surface area contributed by atoms with Crippen LogP contribution in [0.4, 0.5) is 0 Å². The van der Waals surface area contributed by atoms with E-state index >= 15 is 0 Å². The second kappa shape index (κ2) is 11.6. The quantitative estimate of drug-likeness (QED) is 0.230. The zero-order valence-corrected chi connectivity index (χ0v) is 20.1. The van der Waals surface area contributed by atoms with Crippen molar-refractivity contribution in [2.45, 2.75) is 49.5 Å². The van der Waals surface area contributed by atoms with Gasteiger partial charge in [-0.1, -0.05) is 12.1 Å². The summed E-state index contributed by atoms with van der Waals surface area (Å²) in [4.78, 5) is 10.7. The molecule has 2 aliphatic rings. The minimum atomic E-state index is -1.50. The zero-order valence-electron chi connectivity index (χ0n) is 20.1. The first-order chi connectivity index (χ1) is 17.4. The van der Waals surface area contributed by atoms with Crippen LogP contribution in [-0.4, -0.2) is 84.2 Å². The first-order valence-corrected chi connectivity index (χ1v) is 11.7. The van der Waals surface area contributed by atoms with Gasteiger partial charge in [-0.3, -0.25) is 0 Å². The number of benzene rings is 2. The highest BCUT2D eigenvalue weighted by Gasteiger charge is 2.41. The van der Waals surface area contributed by atoms with Crippen LogP contribution in [0.5, 0.6) is 23.0 Å². The van der Waals surface area contributed by atoms with Gasteiger partial charge >= 0.3 is 0 Å². The van der Waals surface area contributed by atoms with E-state index in [4.69, 9.17) is 28.7 Å². The van der Waals surface area contributed by atoms with Crippen molar-refractivity contribution in [1.82, 2.24) is 0 Å². The maximum absolute atomic E-state index is 10.1. The van der Waals surface area contributed by atoms with Gasteiger partial charge in [-0.05, 0) is 42.2 Å². The number of phenols is 1. The summed E-state index contributed by atoms with van der Waals surface area (Å²) in [6.07, 6.45) is -4.80. The van der Waals surface area contributed by atoms with Crippen molar-refractivity contribution in [3.63, 3.8) is 0 Å². The molecule has 1 saturated heterocycles. The highest BCUT2D eigenvalue weighted by atomic mass is 17.2. The summed E-state index contributed by atoms with van der Waals surface area (Å²) < 4.78 is 22.4. The number of aliphatic hydroxyl groups is 4. The van der Waals surface area contributed by atoms with Gasteiger partial charge < -0.3 is 44.5 Å². The third-order valence-corrected chi connectivity index (χ3v) is 6.39. The molecule has 36 heavy (non-hydrogen) atoms. The number of ether oxygens (including phenoxy) is 4. The van der Waals surface area contributed by atoms with E-state index in [1.165, 1.54) is 13.2 Å². The smallest absolute Gasteiger partial charge is 0.220 e. The summed E-state index contributed by atoms with van der Waals surface area (Å²) in [7, 11) is 3.00. The lowest BCUT2D eigenvalue weighted by molar-refractivity contribution is -0.415. The Morgan fingerprint density at radius 1 is 1.00 bits per heavy atom. The zero-order chi connectivity index (χ0) is 25.8. The number of hydrogen-bond donors (Lipinski definition) is 5. The van der Waals surface area contributed by atoms with Crippen LogP contribution in [0.1, 0.15) is 35.1 Å². The molecule has 6 atom stereocenters. The maximum atomic E-state index is 10.1. The molecule has 0 aliphatic carbocycles. The van der Waals surface area contributed by atoms with Crippen LogP contribution in [0.25, 0.3) is 0 Å². The topological polar surface area (TPSA) is 157 Å². The Kier molecular flexibility index (Phi) is 8.52. The van der Waals surface area contributed by atoms with Gasteiger partial charge in [0, 0.05) is 12.2 Å². The number of methoxy groups -OCH3 is 2. The molecule has 4 rings (SSSR count). The molecule has 11 nitrogen and oxygen atoms in total. The second-order valence-electron chi connectivity index (χ2n) is 8.75. The number of rotatable bonds is 10. The summed E-state index contributed by atoms with van der Waals surface area (Å²) >= 11 is 0. The molecule has 11 heteroatoms. The Morgan fingerprint density at radius 3 is 2.50 bits per heavy atom. The normalized spacial score (nSPS) is 27.4. The molecule has 0 spiro atoms. The second-order valence-corrected chi connectivity index (χ2v) is 8.75. The molecule has 198 valence electrons. The average Bonchev–Trinajstić information content (AvgIpc) is 3.25. The predicted molar refractivity (Wildman–Crippen MR) is 124 cm³/mol. The van der Waals surface area contributed by atoms with Gasteiger partial charge in [-0.15, -0.1) is 0 Å². The molecule has 5 N–H and O–H groups in total. The highest BCUT2D eigenvalue weighted by molar-refractivity contribution is 5.56.